The normalized spacial score (nSPS) is 11.0. The van der Waals surface area contributed by atoms with Crippen LogP contribution in [-0.2, 0) is 7.05 Å². The Kier molecular flexibility index (Phi) is 3.65. The Morgan fingerprint density at radius 3 is 2.50 bits per heavy atom. The minimum atomic E-state index is -0.178. The molecule has 0 fully saturated rings. The summed E-state index contributed by atoms with van der Waals surface area (Å²) in [5, 5.41) is 23.7. The molecule has 2 heterocycles. The predicted octanol–water partition coefficient (Wildman–Crippen LogP) is 3.84. The first kappa shape index (κ1) is 15.8. The summed E-state index contributed by atoms with van der Waals surface area (Å²) in [6, 6.07) is 16.0. The molecule has 0 aliphatic carbocycles. The molecule has 0 spiro atoms. The molecule has 4 N–H and O–H groups in total. The number of carbonyl (C=O) groups excluding carboxylic acids is 1. The summed E-state index contributed by atoms with van der Waals surface area (Å²) < 4.78 is 1.31. The maximum atomic E-state index is 12.3. The Hall–Kier alpha value is -3.67. The van der Waals surface area contributed by atoms with E-state index in [1.165, 1.54) is 10.6 Å². The summed E-state index contributed by atoms with van der Waals surface area (Å²) >= 11 is 0. The number of hydrogen-bond donors (Lipinski definition) is 4. The Morgan fingerprint density at radius 2 is 1.81 bits per heavy atom. The van der Waals surface area contributed by atoms with E-state index in [4.69, 9.17) is 0 Å². The van der Waals surface area contributed by atoms with Crippen molar-refractivity contribution in [1.29, 1.82) is 0 Å². The quantitative estimate of drug-likeness (QED) is 0.454. The molecule has 0 bridgehead atoms. The average molecular weight is 347 g/mol. The smallest absolute Gasteiger partial charge is 0.255 e. The van der Waals surface area contributed by atoms with Crippen molar-refractivity contribution in [2.24, 2.45) is 7.05 Å². The van der Waals surface area contributed by atoms with Gasteiger partial charge >= 0.3 is 0 Å². The lowest BCUT2D eigenvalue weighted by Gasteiger charge is -2.06. The van der Waals surface area contributed by atoms with Gasteiger partial charge in [0.15, 0.2) is 5.88 Å². The fourth-order valence-electron chi connectivity index (χ4n) is 3.00. The molecule has 0 saturated heterocycles. The zero-order valence-corrected chi connectivity index (χ0v) is 14.0. The standard InChI is InChI=1S/C20H17N3O3/c1-23-18(24)10-15(20(23)26)16-11-21-17-9-13(7-8-14(16)17)22-19(25)12-5-3-2-4-6-12/h2-11,21,24,26H,1H3,(H,22,25). The second-order valence-electron chi connectivity index (χ2n) is 6.08. The molecule has 0 radical (unpaired) electrons. The average Bonchev–Trinajstić information content (AvgIpc) is 3.18. The van der Waals surface area contributed by atoms with Crippen LogP contribution in [0.2, 0.25) is 0 Å². The highest BCUT2D eigenvalue weighted by molar-refractivity contribution is 6.06. The number of nitrogens with one attached hydrogen (secondary N) is 2. The lowest BCUT2D eigenvalue weighted by atomic mass is 10.1. The molecule has 2 aromatic heterocycles. The molecular weight excluding hydrogens is 330 g/mol. The van der Waals surface area contributed by atoms with Crippen LogP contribution < -0.4 is 5.32 Å². The fraction of sp³-hybridized carbons (Fsp3) is 0.0500. The number of anilines is 1. The van der Waals surface area contributed by atoms with E-state index in [9.17, 15) is 15.0 Å². The van der Waals surface area contributed by atoms with E-state index in [1.54, 1.807) is 31.4 Å². The molecule has 130 valence electrons. The number of H-pyrrole nitrogens is 1. The largest absolute Gasteiger partial charge is 0.494 e. The molecular formula is C20H17N3O3. The Bertz CT molecular complexity index is 1110. The topological polar surface area (TPSA) is 90.3 Å². The minimum absolute atomic E-state index is 0.00939. The second-order valence-corrected chi connectivity index (χ2v) is 6.08. The van der Waals surface area contributed by atoms with Gasteiger partial charge in [0.05, 0.1) is 0 Å². The number of aromatic hydroxyl groups is 2. The van der Waals surface area contributed by atoms with Crippen LogP contribution in [-0.4, -0.2) is 25.7 Å². The molecule has 4 rings (SSSR count). The van der Waals surface area contributed by atoms with Gasteiger partial charge in [0, 0.05) is 52.6 Å². The van der Waals surface area contributed by atoms with Gasteiger partial charge < -0.3 is 20.5 Å². The number of benzene rings is 2. The Labute approximate surface area is 149 Å². The summed E-state index contributed by atoms with van der Waals surface area (Å²) in [5.41, 5.74) is 3.38. The van der Waals surface area contributed by atoms with E-state index >= 15 is 0 Å². The molecule has 26 heavy (non-hydrogen) atoms. The lowest BCUT2D eigenvalue weighted by Crippen LogP contribution is -2.11. The molecule has 0 aliphatic heterocycles. The van der Waals surface area contributed by atoms with E-state index < -0.39 is 0 Å². The first-order valence-corrected chi connectivity index (χ1v) is 8.10. The van der Waals surface area contributed by atoms with Crippen LogP contribution in [0.5, 0.6) is 11.8 Å². The highest BCUT2D eigenvalue weighted by Gasteiger charge is 2.16. The molecule has 6 nitrogen and oxygen atoms in total. The second kappa shape index (κ2) is 6.00. The van der Waals surface area contributed by atoms with Crippen LogP contribution >= 0.6 is 0 Å². The van der Waals surface area contributed by atoms with E-state index in [2.05, 4.69) is 10.3 Å². The zero-order valence-electron chi connectivity index (χ0n) is 14.0. The fourth-order valence-corrected chi connectivity index (χ4v) is 3.00. The third-order valence-electron chi connectivity index (χ3n) is 4.44. The number of hydrogen-bond acceptors (Lipinski definition) is 3. The van der Waals surface area contributed by atoms with Crippen LogP contribution in [0.1, 0.15) is 10.4 Å². The van der Waals surface area contributed by atoms with Crippen molar-refractivity contribution >= 4 is 22.5 Å². The summed E-state index contributed by atoms with van der Waals surface area (Å²) in [6.45, 7) is 0. The highest BCUT2D eigenvalue weighted by Crippen LogP contribution is 2.39. The number of carbonyl (C=O) groups is 1. The molecule has 0 aliphatic rings. The van der Waals surface area contributed by atoms with E-state index in [0.29, 0.717) is 16.8 Å². The number of rotatable bonds is 3. The van der Waals surface area contributed by atoms with Crippen molar-refractivity contribution < 1.29 is 15.0 Å². The van der Waals surface area contributed by atoms with Gasteiger partial charge in [0.1, 0.15) is 0 Å². The SMILES string of the molecule is Cn1c(O)cc(-c2c[nH]c3cc(NC(=O)c4ccccc4)ccc23)c1O. The molecule has 0 atom stereocenters. The summed E-state index contributed by atoms with van der Waals surface area (Å²) in [6.07, 6.45) is 1.77. The predicted molar refractivity (Wildman–Crippen MR) is 100 cm³/mol. The van der Waals surface area contributed by atoms with Gasteiger partial charge in [-0.2, -0.15) is 0 Å². The van der Waals surface area contributed by atoms with Crippen LogP contribution in [0.15, 0.2) is 60.8 Å². The van der Waals surface area contributed by atoms with Gasteiger partial charge in [-0.25, -0.2) is 0 Å². The summed E-state index contributed by atoms with van der Waals surface area (Å²) in [5.74, 6) is -0.203. The number of fused-ring (bicyclic) bond motifs is 1. The van der Waals surface area contributed by atoms with Crippen molar-refractivity contribution in [3.05, 3.63) is 66.4 Å². The molecule has 2 aromatic carbocycles. The summed E-state index contributed by atoms with van der Waals surface area (Å²) in [7, 11) is 1.58. The van der Waals surface area contributed by atoms with Crippen molar-refractivity contribution in [3.63, 3.8) is 0 Å². The number of aromatic amines is 1. The van der Waals surface area contributed by atoms with Gasteiger partial charge in [0.2, 0.25) is 5.88 Å². The van der Waals surface area contributed by atoms with Gasteiger partial charge in [0.25, 0.3) is 5.91 Å². The lowest BCUT2D eigenvalue weighted by molar-refractivity contribution is 0.102. The van der Waals surface area contributed by atoms with Crippen LogP contribution in [0.25, 0.3) is 22.0 Å². The van der Waals surface area contributed by atoms with Crippen molar-refractivity contribution in [2.75, 3.05) is 5.32 Å². The maximum Gasteiger partial charge on any atom is 0.255 e. The Morgan fingerprint density at radius 1 is 1.04 bits per heavy atom. The molecule has 4 aromatic rings. The monoisotopic (exact) mass is 347 g/mol. The molecule has 0 saturated carbocycles. The van der Waals surface area contributed by atoms with Crippen LogP contribution in [0.3, 0.4) is 0 Å². The third-order valence-corrected chi connectivity index (χ3v) is 4.44. The highest BCUT2D eigenvalue weighted by atomic mass is 16.3. The Balaban J connectivity index is 1.67. The number of aromatic nitrogens is 2. The van der Waals surface area contributed by atoms with Crippen molar-refractivity contribution in [3.8, 4) is 22.9 Å². The van der Waals surface area contributed by atoms with Gasteiger partial charge in [-0.05, 0) is 24.3 Å². The van der Waals surface area contributed by atoms with Gasteiger partial charge in [-0.15, -0.1) is 0 Å². The molecule has 1 amide bonds. The van der Waals surface area contributed by atoms with Gasteiger partial charge in [-0.3, -0.25) is 9.36 Å². The van der Waals surface area contributed by atoms with Crippen molar-refractivity contribution in [2.45, 2.75) is 0 Å². The van der Waals surface area contributed by atoms with E-state index in [0.717, 1.165) is 16.5 Å². The van der Waals surface area contributed by atoms with Crippen LogP contribution in [0.4, 0.5) is 5.69 Å². The molecule has 6 heteroatoms. The van der Waals surface area contributed by atoms with Crippen LogP contribution in [0, 0.1) is 0 Å². The number of amides is 1. The first-order valence-electron chi connectivity index (χ1n) is 8.10. The molecule has 0 unspecified atom stereocenters. The zero-order chi connectivity index (χ0) is 18.3. The summed E-state index contributed by atoms with van der Waals surface area (Å²) in [4.78, 5) is 15.4. The first-order chi connectivity index (χ1) is 12.5. The van der Waals surface area contributed by atoms with E-state index in [-0.39, 0.29) is 17.7 Å². The van der Waals surface area contributed by atoms with Gasteiger partial charge in [-0.1, -0.05) is 24.3 Å². The van der Waals surface area contributed by atoms with E-state index in [1.807, 2.05) is 30.3 Å². The van der Waals surface area contributed by atoms with Crippen molar-refractivity contribution in [1.82, 2.24) is 9.55 Å². The third kappa shape index (κ3) is 2.57. The minimum Gasteiger partial charge on any atom is -0.494 e. The maximum absolute atomic E-state index is 12.3. The number of nitrogens with zero attached hydrogens (tertiary/aromatic N) is 1.